The van der Waals surface area contributed by atoms with Crippen LogP contribution in [0.5, 0.6) is 0 Å². The van der Waals surface area contributed by atoms with Crippen LogP contribution in [0.25, 0.3) is 0 Å². The smallest absolute Gasteiger partial charge is 0.374 e. The number of hydrogen-bond acceptors (Lipinski definition) is 2. The number of methoxy groups -OCH3 is 1. The molecule has 0 spiro atoms. The SMILES string of the molecule is CCC(CC)(OC)c1ccc(CNC(=O)Cc2cccc(C(F)(F)F)c2)cc1. The molecular formula is C22H26F3NO2. The van der Waals surface area contributed by atoms with Crippen LogP contribution in [-0.4, -0.2) is 13.0 Å². The Balaban J connectivity index is 1.96. The van der Waals surface area contributed by atoms with Gasteiger partial charge in [-0.2, -0.15) is 13.2 Å². The number of amides is 1. The van der Waals surface area contributed by atoms with Gasteiger partial charge in [-0.05, 0) is 35.6 Å². The summed E-state index contributed by atoms with van der Waals surface area (Å²) in [5, 5.41) is 2.75. The van der Waals surface area contributed by atoms with Crippen molar-refractivity contribution in [2.24, 2.45) is 0 Å². The lowest BCUT2D eigenvalue weighted by molar-refractivity contribution is -0.137. The molecule has 1 N–H and O–H groups in total. The van der Waals surface area contributed by atoms with Crippen molar-refractivity contribution in [3.05, 3.63) is 70.8 Å². The number of alkyl halides is 3. The maximum absolute atomic E-state index is 12.8. The maximum atomic E-state index is 12.8. The second-order valence-electron chi connectivity index (χ2n) is 6.75. The molecular weight excluding hydrogens is 367 g/mol. The Kier molecular flexibility index (Phi) is 7.24. The minimum absolute atomic E-state index is 0.0968. The standard InChI is InChI=1S/C22H26F3NO2/c1-4-21(5-2,28-3)18-11-9-16(10-12-18)15-26-20(27)14-17-7-6-8-19(13-17)22(23,24)25/h6-13H,4-5,14-15H2,1-3H3,(H,26,27). The molecule has 1 amide bonds. The largest absolute Gasteiger partial charge is 0.416 e. The van der Waals surface area contributed by atoms with Crippen LogP contribution in [0, 0.1) is 0 Å². The summed E-state index contributed by atoms with van der Waals surface area (Å²) in [6.45, 7) is 4.47. The van der Waals surface area contributed by atoms with E-state index in [1.54, 1.807) is 7.11 Å². The molecule has 0 unspecified atom stereocenters. The molecule has 0 aromatic heterocycles. The molecule has 0 aliphatic carbocycles. The monoisotopic (exact) mass is 393 g/mol. The normalized spacial score (nSPS) is 12.1. The van der Waals surface area contributed by atoms with Gasteiger partial charge in [0.2, 0.25) is 5.91 Å². The number of hydrogen-bond donors (Lipinski definition) is 1. The van der Waals surface area contributed by atoms with Crippen molar-refractivity contribution in [2.75, 3.05) is 7.11 Å². The van der Waals surface area contributed by atoms with Crippen LogP contribution in [-0.2, 0) is 34.3 Å². The Hall–Kier alpha value is -2.34. The van der Waals surface area contributed by atoms with Gasteiger partial charge < -0.3 is 10.1 Å². The fraction of sp³-hybridized carbons (Fsp3) is 0.409. The average molecular weight is 393 g/mol. The third kappa shape index (κ3) is 5.35. The number of rotatable bonds is 8. The van der Waals surface area contributed by atoms with Crippen LogP contribution in [0.4, 0.5) is 13.2 Å². The maximum Gasteiger partial charge on any atom is 0.416 e. The summed E-state index contributed by atoms with van der Waals surface area (Å²) >= 11 is 0. The van der Waals surface area contributed by atoms with Crippen LogP contribution in [0.1, 0.15) is 48.9 Å². The fourth-order valence-electron chi connectivity index (χ4n) is 3.30. The van der Waals surface area contributed by atoms with E-state index in [1.165, 1.54) is 12.1 Å². The zero-order valence-corrected chi connectivity index (χ0v) is 16.4. The Morgan fingerprint density at radius 2 is 1.61 bits per heavy atom. The van der Waals surface area contributed by atoms with Gasteiger partial charge in [-0.1, -0.05) is 56.3 Å². The summed E-state index contributed by atoms with van der Waals surface area (Å²) in [5.74, 6) is -0.322. The third-order valence-corrected chi connectivity index (χ3v) is 5.12. The first-order valence-corrected chi connectivity index (χ1v) is 9.31. The van der Waals surface area contributed by atoms with Crippen LogP contribution in [0.3, 0.4) is 0 Å². The molecule has 0 radical (unpaired) electrons. The van der Waals surface area contributed by atoms with Crippen molar-refractivity contribution >= 4 is 5.91 Å². The van der Waals surface area contributed by atoms with Crippen molar-refractivity contribution in [3.63, 3.8) is 0 Å². The molecule has 6 heteroatoms. The highest BCUT2D eigenvalue weighted by atomic mass is 19.4. The first-order valence-electron chi connectivity index (χ1n) is 9.31. The number of carbonyl (C=O) groups is 1. The van der Waals surface area contributed by atoms with E-state index in [9.17, 15) is 18.0 Å². The molecule has 0 saturated carbocycles. The van der Waals surface area contributed by atoms with Crippen molar-refractivity contribution < 1.29 is 22.7 Å². The van der Waals surface area contributed by atoms with E-state index in [-0.39, 0.29) is 17.9 Å². The highest BCUT2D eigenvalue weighted by Crippen LogP contribution is 2.32. The molecule has 0 atom stereocenters. The molecule has 0 heterocycles. The number of halogens is 3. The van der Waals surface area contributed by atoms with Crippen molar-refractivity contribution in [1.29, 1.82) is 0 Å². The average Bonchev–Trinajstić information content (AvgIpc) is 2.69. The summed E-state index contributed by atoms with van der Waals surface area (Å²) < 4.78 is 44.0. The summed E-state index contributed by atoms with van der Waals surface area (Å²) in [6, 6.07) is 12.7. The zero-order chi connectivity index (χ0) is 20.8. The predicted molar refractivity (Wildman–Crippen MR) is 103 cm³/mol. The molecule has 152 valence electrons. The number of nitrogens with one attached hydrogen (secondary N) is 1. The zero-order valence-electron chi connectivity index (χ0n) is 16.4. The quantitative estimate of drug-likeness (QED) is 0.667. The Morgan fingerprint density at radius 3 is 2.14 bits per heavy atom. The molecule has 2 rings (SSSR count). The van der Waals surface area contributed by atoms with E-state index in [4.69, 9.17) is 4.74 Å². The minimum Gasteiger partial charge on any atom is -0.374 e. The molecule has 0 aliphatic heterocycles. The van der Waals surface area contributed by atoms with E-state index in [0.717, 1.165) is 36.1 Å². The van der Waals surface area contributed by atoms with Gasteiger partial charge in [0, 0.05) is 13.7 Å². The molecule has 3 nitrogen and oxygen atoms in total. The van der Waals surface area contributed by atoms with E-state index < -0.39 is 11.7 Å². The van der Waals surface area contributed by atoms with Gasteiger partial charge in [-0.15, -0.1) is 0 Å². The van der Waals surface area contributed by atoms with Gasteiger partial charge in [0.25, 0.3) is 0 Å². The van der Waals surface area contributed by atoms with E-state index in [1.807, 2.05) is 24.3 Å². The first kappa shape index (κ1) is 22.0. The van der Waals surface area contributed by atoms with Gasteiger partial charge >= 0.3 is 6.18 Å². The second-order valence-corrected chi connectivity index (χ2v) is 6.75. The summed E-state index contributed by atoms with van der Waals surface area (Å²) in [6.07, 6.45) is -2.80. The molecule has 0 saturated heterocycles. The van der Waals surface area contributed by atoms with Crippen molar-refractivity contribution in [2.45, 2.75) is 51.4 Å². The van der Waals surface area contributed by atoms with Crippen LogP contribution >= 0.6 is 0 Å². The summed E-state index contributed by atoms with van der Waals surface area (Å²) in [4.78, 5) is 12.1. The van der Waals surface area contributed by atoms with Gasteiger partial charge in [-0.25, -0.2) is 0 Å². The summed E-state index contributed by atoms with van der Waals surface area (Å²) in [5.41, 5.74) is 1.27. The van der Waals surface area contributed by atoms with Gasteiger partial charge in [0.15, 0.2) is 0 Å². The van der Waals surface area contributed by atoms with Crippen LogP contribution in [0.2, 0.25) is 0 Å². The lowest BCUT2D eigenvalue weighted by atomic mass is 9.88. The number of ether oxygens (including phenoxy) is 1. The molecule has 28 heavy (non-hydrogen) atoms. The molecule has 2 aromatic rings. The van der Waals surface area contributed by atoms with Crippen LogP contribution in [0.15, 0.2) is 48.5 Å². The van der Waals surface area contributed by atoms with E-state index >= 15 is 0 Å². The second kappa shape index (κ2) is 9.24. The molecule has 2 aromatic carbocycles. The van der Waals surface area contributed by atoms with Gasteiger partial charge in [0.05, 0.1) is 17.6 Å². The summed E-state index contributed by atoms with van der Waals surface area (Å²) in [7, 11) is 1.70. The highest BCUT2D eigenvalue weighted by Gasteiger charge is 2.30. The molecule has 0 aliphatic rings. The van der Waals surface area contributed by atoms with E-state index in [2.05, 4.69) is 19.2 Å². The molecule has 0 bridgehead atoms. The Morgan fingerprint density at radius 1 is 0.964 bits per heavy atom. The topological polar surface area (TPSA) is 38.3 Å². The Bertz CT molecular complexity index is 773. The lowest BCUT2D eigenvalue weighted by Crippen LogP contribution is -2.27. The number of benzene rings is 2. The predicted octanol–water partition coefficient (Wildman–Crippen LogP) is 5.23. The first-order chi connectivity index (χ1) is 13.2. The highest BCUT2D eigenvalue weighted by molar-refractivity contribution is 5.78. The van der Waals surface area contributed by atoms with E-state index in [0.29, 0.717) is 12.1 Å². The number of carbonyl (C=O) groups excluding carboxylic acids is 1. The minimum atomic E-state index is -4.41. The Labute approximate surface area is 163 Å². The van der Waals surface area contributed by atoms with Gasteiger partial charge in [0.1, 0.15) is 0 Å². The third-order valence-electron chi connectivity index (χ3n) is 5.12. The fourth-order valence-corrected chi connectivity index (χ4v) is 3.30. The lowest BCUT2D eigenvalue weighted by Gasteiger charge is -2.31. The van der Waals surface area contributed by atoms with Crippen molar-refractivity contribution in [1.82, 2.24) is 5.32 Å². The molecule has 0 fully saturated rings. The van der Waals surface area contributed by atoms with Crippen LogP contribution < -0.4 is 5.32 Å². The van der Waals surface area contributed by atoms with Crippen molar-refractivity contribution in [3.8, 4) is 0 Å². The van der Waals surface area contributed by atoms with Gasteiger partial charge in [-0.3, -0.25) is 4.79 Å².